The quantitative estimate of drug-likeness (QED) is 0.698. The molecule has 2 fully saturated rings. The van der Waals surface area contributed by atoms with Crippen molar-refractivity contribution in [1.29, 1.82) is 0 Å². The Morgan fingerprint density at radius 2 is 2.00 bits per heavy atom. The Morgan fingerprint density at radius 3 is 2.61 bits per heavy atom. The van der Waals surface area contributed by atoms with E-state index in [1.807, 2.05) is 11.8 Å². The number of nitrogens with one attached hydrogen (secondary N) is 1. The van der Waals surface area contributed by atoms with E-state index in [0.29, 0.717) is 6.04 Å². The lowest BCUT2D eigenvalue weighted by Crippen LogP contribution is -2.61. The van der Waals surface area contributed by atoms with E-state index < -0.39 is 5.60 Å². The minimum atomic E-state index is -0.614. The van der Waals surface area contributed by atoms with Gasteiger partial charge in [0, 0.05) is 45.9 Å². The summed E-state index contributed by atoms with van der Waals surface area (Å²) < 4.78 is 11.2. The lowest BCUT2D eigenvalue weighted by molar-refractivity contribution is -0.161. The fourth-order valence-corrected chi connectivity index (χ4v) is 3.71. The summed E-state index contributed by atoms with van der Waals surface area (Å²) in [5.41, 5.74) is -0.614. The van der Waals surface area contributed by atoms with Crippen LogP contribution in [0.1, 0.15) is 33.1 Å². The maximum Gasteiger partial charge on any atom is 0.255 e. The Hall–Kier alpha value is -0.690. The summed E-state index contributed by atoms with van der Waals surface area (Å²) >= 11 is 0. The van der Waals surface area contributed by atoms with E-state index >= 15 is 0 Å². The number of nitrogens with zero attached hydrogens (tertiary/aromatic N) is 2. The van der Waals surface area contributed by atoms with Gasteiger partial charge in [-0.15, -0.1) is 0 Å². The molecule has 2 heterocycles. The number of methoxy groups -OCH3 is 1. The Balaban J connectivity index is 1.95. The molecule has 0 saturated carbocycles. The van der Waals surface area contributed by atoms with Crippen molar-refractivity contribution >= 4 is 5.91 Å². The van der Waals surface area contributed by atoms with E-state index in [1.165, 1.54) is 0 Å². The Labute approximate surface area is 140 Å². The minimum Gasteiger partial charge on any atom is -0.380 e. The van der Waals surface area contributed by atoms with E-state index in [9.17, 15) is 4.79 Å². The van der Waals surface area contributed by atoms with Gasteiger partial charge in [-0.2, -0.15) is 0 Å². The van der Waals surface area contributed by atoms with Gasteiger partial charge in [-0.05, 0) is 39.3 Å². The number of amides is 1. The van der Waals surface area contributed by atoms with Crippen molar-refractivity contribution in [3.8, 4) is 0 Å². The highest BCUT2D eigenvalue weighted by Gasteiger charge is 2.43. The highest BCUT2D eigenvalue weighted by atomic mass is 16.5. The fraction of sp³-hybridized carbons (Fsp3) is 0.941. The average Bonchev–Trinajstić information content (AvgIpc) is 2.62. The number of hydrogen-bond donors (Lipinski definition) is 1. The predicted octanol–water partition coefficient (Wildman–Crippen LogP) is 0.714. The lowest BCUT2D eigenvalue weighted by atomic mass is 9.90. The summed E-state index contributed by atoms with van der Waals surface area (Å²) in [5, 5.41) is 3.31. The van der Waals surface area contributed by atoms with Gasteiger partial charge in [0.25, 0.3) is 5.91 Å². The highest BCUT2D eigenvalue weighted by molar-refractivity contribution is 5.85. The van der Waals surface area contributed by atoms with Crippen LogP contribution in [0.15, 0.2) is 0 Å². The zero-order valence-corrected chi connectivity index (χ0v) is 15.0. The van der Waals surface area contributed by atoms with Gasteiger partial charge >= 0.3 is 0 Å². The highest BCUT2D eigenvalue weighted by Crippen LogP contribution is 2.26. The van der Waals surface area contributed by atoms with Crippen LogP contribution >= 0.6 is 0 Å². The molecule has 2 rings (SSSR count). The number of piperidine rings is 1. The van der Waals surface area contributed by atoms with Crippen LogP contribution in [0, 0.1) is 0 Å². The van der Waals surface area contributed by atoms with Gasteiger partial charge in [-0.3, -0.25) is 9.69 Å². The van der Waals surface area contributed by atoms with Crippen LogP contribution in [0.5, 0.6) is 0 Å². The molecule has 23 heavy (non-hydrogen) atoms. The second-order valence-corrected chi connectivity index (χ2v) is 6.49. The van der Waals surface area contributed by atoms with Gasteiger partial charge < -0.3 is 19.7 Å². The summed E-state index contributed by atoms with van der Waals surface area (Å²) in [5.74, 6) is 0.185. The first-order valence-corrected chi connectivity index (χ1v) is 9.04. The third-order valence-electron chi connectivity index (χ3n) is 5.28. The summed E-state index contributed by atoms with van der Waals surface area (Å²) in [4.78, 5) is 17.6. The molecule has 2 aliphatic heterocycles. The Morgan fingerprint density at radius 1 is 1.26 bits per heavy atom. The first kappa shape index (κ1) is 18.6. The summed E-state index contributed by atoms with van der Waals surface area (Å²) in [6.07, 6.45) is 2.59. The van der Waals surface area contributed by atoms with Crippen LogP contribution < -0.4 is 5.32 Å². The summed E-state index contributed by atoms with van der Waals surface area (Å²) in [7, 11) is 1.68. The standard InChI is InChI=1S/C17H33N3O3/c1-4-15-14-20(11-10-19(15)12-13-23-5-2)16(21)17(22-3)6-8-18-9-7-17/h15,18H,4-14H2,1-3H3. The van der Waals surface area contributed by atoms with Gasteiger partial charge in [0.1, 0.15) is 5.60 Å². The van der Waals surface area contributed by atoms with E-state index in [2.05, 4.69) is 17.1 Å². The molecule has 6 nitrogen and oxygen atoms in total. The molecule has 2 aliphatic rings. The third kappa shape index (κ3) is 4.44. The largest absolute Gasteiger partial charge is 0.380 e. The number of hydrogen-bond acceptors (Lipinski definition) is 5. The number of carbonyl (C=O) groups is 1. The molecule has 0 aromatic rings. The topological polar surface area (TPSA) is 54.0 Å². The molecule has 0 bridgehead atoms. The first-order valence-electron chi connectivity index (χ1n) is 9.04. The maximum atomic E-state index is 13.1. The Kier molecular flexibility index (Phi) is 7.27. The van der Waals surface area contributed by atoms with Crippen LogP contribution in [-0.2, 0) is 14.3 Å². The van der Waals surface area contributed by atoms with E-state index in [4.69, 9.17) is 9.47 Å². The molecule has 2 saturated heterocycles. The van der Waals surface area contributed by atoms with Gasteiger partial charge in [0.05, 0.1) is 6.61 Å². The van der Waals surface area contributed by atoms with Crippen LogP contribution in [0.2, 0.25) is 0 Å². The second-order valence-electron chi connectivity index (χ2n) is 6.49. The van der Waals surface area contributed by atoms with Crippen LogP contribution in [0.25, 0.3) is 0 Å². The maximum absolute atomic E-state index is 13.1. The van der Waals surface area contributed by atoms with Crippen molar-refractivity contribution in [2.24, 2.45) is 0 Å². The molecule has 0 spiro atoms. The molecule has 0 aliphatic carbocycles. The molecule has 6 heteroatoms. The van der Waals surface area contributed by atoms with Gasteiger partial charge in [0.2, 0.25) is 0 Å². The van der Waals surface area contributed by atoms with E-state index in [0.717, 1.165) is 71.7 Å². The van der Waals surface area contributed by atoms with Gasteiger partial charge in [-0.25, -0.2) is 0 Å². The number of carbonyl (C=O) groups excluding carboxylic acids is 1. The van der Waals surface area contributed by atoms with Gasteiger partial charge in [0.15, 0.2) is 0 Å². The third-order valence-corrected chi connectivity index (χ3v) is 5.28. The SMILES string of the molecule is CCOCCN1CCN(C(=O)C2(OC)CCNCC2)CC1CC. The van der Waals surface area contributed by atoms with Crippen molar-refractivity contribution in [2.45, 2.75) is 44.8 Å². The van der Waals surface area contributed by atoms with Crippen LogP contribution in [0.3, 0.4) is 0 Å². The molecule has 1 unspecified atom stereocenters. The second kappa shape index (κ2) is 8.97. The molecular weight excluding hydrogens is 294 g/mol. The van der Waals surface area contributed by atoms with Crippen molar-refractivity contribution in [1.82, 2.24) is 15.1 Å². The van der Waals surface area contributed by atoms with Gasteiger partial charge in [-0.1, -0.05) is 6.92 Å². The van der Waals surface area contributed by atoms with Crippen molar-refractivity contribution in [3.05, 3.63) is 0 Å². The zero-order chi connectivity index (χ0) is 16.7. The first-order chi connectivity index (χ1) is 11.2. The van der Waals surface area contributed by atoms with Crippen molar-refractivity contribution in [3.63, 3.8) is 0 Å². The molecule has 0 aromatic carbocycles. The zero-order valence-electron chi connectivity index (χ0n) is 15.0. The van der Waals surface area contributed by atoms with E-state index in [-0.39, 0.29) is 5.91 Å². The number of piperazine rings is 1. The fourth-order valence-electron chi connectivity index (χ4n) is 3.71. The minimum absolute atomic E-state index is 0.185. The molecule has 1 N–H and O–H groups in total. The van der Waals surface area contributed by atoms with Crippen LogP contribution in [-0.4, -0.2) is 86.9 Å². The number of rotatable bonds is 7. The number of ether oxygens (including phenoxy) is 2. The summed E-state index contributed by atoms with van der Waals surface area (Å²) in [6, 6.07) is 0.420. The molecule has 0 aromatic heterocycles. The van der Waals surface area contributed by atoms with E-state index in [1.54, 1.807) is 7.11 Å². The molecule has 134 valence electrons. The normalized spacial score (nSPS) is 25.5. The smallest absolute Gasteiger partial charge is 0.255 e. The molecular formula is C17H33N3O3. The molecule has 1 atom stereocenters. The van der Waals surface area contributed by atoms with Crippen LogP contribution in [0.4, 0.5) is 0 Å². The monoisotopic (exact) mass is 327 g/mol. The average molecular weight is 327 g/mol. The van der Waals surface area contributed by atoms with Crippen molar-refractivity contribution < 1.29 is 14.3 Å². The Bertz CT molecular complexity index is 372. The van der Waals surface area contributed by atoms with Crippen molar-refractivity contribution in [2.75, 3.05) is 59.6 Å². The molecule has 0 radical (unpaired) electrons. The molecule has 1 amide bonds. The summed E-state index contributed by atoms with van der Waals surface area (Å²) in [6.45, 7) is 10.9. The lowest BCUT2D eigenvalue weighted by Gasteiger charge is -2.45. The predicted molar refractivity (Wildman–Crippen MR) is 90.6 cm³/mol.